The standard InChI is InChI=1S/C50H58F2N2O8/c1-59-34-13-15-44(51)38(19-34)31-7-3-29(4-8-31)27-61-36-17-18-53-46(21-36)43(26-50(57)58)41-24-42(41)48-23-37(22-47(54-48)40(25-49(55)56)33-11-12-33)62-28-30-5-9-32(10-6-30)39-20-35(60-2)14-16-45(39)52/h13-23,29-33,40-43H,3-12,24-28H2,1-2H3,(H,55,56)(H,57,58)/t29-,30-,31-,32+,40?,41?,42?,43?. The maximum Gasteiger partial charge on any atom is 0.304 e. The molecule has 0 bridgehead atoms. The Balaban J connectivity index is 0.931. The molecule has 8 rings (SSSR count). The number of pyridine rings is 2. The molecule has 10 nitrogen and oxygen atoms in total. The Kier molecular flexibility index (Phi) is 13.6. The van der Waals surface area contributed by atoms with Crippen LogP contribution >= 0.6 is 0 Å². The van der Waals surface area contributed by atoms with Gasteiger partial charge in [0.05, 0.1) is 40.3 Å². The number of aliphatic carboxylic acids is 2. The predicted molar refractivity (Wildman–Crippen MR) is 228 cm³/mol. The van der Waals surface area contributed by atoms with Gasteiger partial charge in [0.1, 0.15) is 34.6 Å². The number of rotatable bonds is 19. The van der Waals surface area contributed by atoms with Crippen LogP contribution in [0.1, 0.15) is 141 Å². The van der Waals surface area contributed by atoms with Crippen LogP contribution in [0.15, 0.2) is 66.9 Å². The first-order valence-corrected chi connectivity index (χ1v) is 22.4. The molecule has 330 valence electrons. The van der Waals surface area contributed by atoms with Crippen LogP contribution in [0, 0.1) is 35.3 Å². The summed E-state index contributed by atoms with van der Waals surface area (Å²) in [6.45, 7) is 0.991. The molecule has 4 aliphatic carbocycles. The van der Waals surface area contributed by atoms with E-state index in [9.17, 15) is 28.6 Å². The molecule has 0 radical (unpaired) electrons. The summed E-state index contributed by atoms with van der Waals surface area (Å²) >= 11 is 0. The van der Waals surface area contributed by atoms with E-state index in [-0.39, 0.29) is 71.8 Å². The molecule has 2 aromatic heterocycles. The summed E-state index contributed by atoms with van der Waals surface area (Å²) in [5.41, 5.74) is 3.58. The van der Waals surface area contributed by atoms with Crippen LogP contribution < -0.4 is 18.9 Å². The molecule has 0 amide bonds. The summed E-state index contributed by atoms with van der Waals surface area (Å²) in [6, 6.07) is 17.4. The molecule has 4 unspecified atom stereocenters. The highest BCUT2D eigenvalue weighted by atomic mass is 19.1. The summed E-state index contributed by atoms with van der Waals surface area (Å²) < 4.78 is 52.9. The van der Waals surface area contributed by atoms with E-state index in [2.05, 4.69) is 4.98 Å². The molecule has 0 aliphatic heterocycles. The third kappa shape index (κ3) is 10.7. The molecule has 4 fully saturated rings. The topological polar surface area (TPSA) is 137 Å². The molecular weight excluding hydrogens is 795 g/mol. The minimum Gasteiger partial charge on any atom is -0.497 e. The number of ether oxygens (including phenoxy) is 4. The van der Waals surface area contributed by atoms with Crippen LogP contribution in [0.4, 0.5) is 8.78 Å². The van der Waals surface area contributed by atoms with Gasteiger partial charge in [-0.1, -0.05) is 0 Å². The van der Waals surface area contributed by atoms with E-state index >= 15 is 0 Å². The first-order valence-electron chi connectivity index (χ1n) is 22.4. The Morgan fingerprint density at radius 3 is 1.71 bits per heavy atom. The number of carboxylic acids is 2. The fourth-order valence-corrected chi connectivity index (χ4v) is 10.2. The van der Waals surface area contributed by atoms with E-state index in [1.54, 1.807) is 44.7 Å². The summed E-state index contributed by atoms with van der Waals surface area (Å²) in [7, 11) is 3.18. The lowest BCUT2D eigenvalue weighted by Gasteiger charge is -2.29. The fraction of sp³-hybridized carbons (Fsp3) is 0.520. The predicted octanol–water partition coefficient (Wildman–Crippen LogP) is 10.8. The molecule has 12 heteroatoms. The van der Waals surface area contributed by atoms with E-state index in [1.165, 1.54) is 12.1 Å². The largest absolute Gasteiger partial charge is 0.497 e. The van der Waals surface area contributed by atoms with Crippen molar-refractivity contribution in [3.63, 3.8) is 0 Å². The average molecular weight is 853 g/mol. The lowest BCUT2D eigenvalue weighted by Crippen LogP contribution is -2.20. The van der Waals surface area contributed by atoms with Gasteiger partial charge in [-0.05, 0) is 160 Å². The molecule has 62 heavy (non-hydrogen) atoms. The third-order valence-electron chi connectivity index (χ3n) is 14.0. The van der Waals surface area contributed by atoms with Crippen molar-refractivity contribution in [1.29, 1.82) is 0 Å². The van der Waals surface area contributed by atoms with Gasteiger partial charge in [0.15, 0.2) is 0 Å². The SMILES string of the molecule is COc1ccc(F)c([C@H]2CC[C@H](COc3ccnc(C(CC(=O)O)C4CC4c4cc(OC[C@H]5CC[C@@H](c6cc(OC)ccc6F)CC5)cc(C(CC(=O)O)C5CC5)n4)c3)CC2)c1. The molecule has 2 N–H and O–H groups in total. The summed E-state index contributed by atoms with van der Waals surface area (Å²) in [5.74, 6) is 0.826. The maximum atomic E-state index is 14.8. The zero-order valence-corrected chi connectivity index (χ0v) is 35.6. The van der Waals surface area contributed by atoms with Gasteiger partial charge in [0.25, 0.3) is 0 Å². The Bertz CT molecular complexity index is 2200. The van der Waals surface area contributed by atoms with Crippen LogP contribution in [0.5, 0.6) is 23.0 Å². The van der Waals surface area contributed by atoms with Gasteiger partial charge in [0.2, 0.25) is 0 Å². The quantitative estimate of drug-likeness (QED) is 0.0938. The second-order valence-electron chi connectivity index (χ2n) is 18.2. The molecule has 2 aromatic carbocycles. The monoisotopic (exact) mass is 852 g/mol. The van der Waals surface area contributed by atoms with Crippen molar-refractivity contribution >= 4 is 11.9 Å². The Labute approximate surface area is 362 Å². The zero-order valence-electron chi connectivity index (χ0n) is 35.6. The van der Waals surface area contributed by atoms with Crippen molar-refractivity contribution in [2.75, 3.05) is 27.4 Å². The highest BCUT2D eigenvalue weighted by Gasteiger charge is 2.47. The van der Waals surface area contributed by atoms with Crippen LogP contribution in [0.2, 0.25) is 0 Å². The van der Waals surface area contributed by atoms with Crippen molar-refractivity contribution in [3.8, 4) is 23.0 Å². The number of halogens is 2. The van der Waals surface area contributed by atoms with Crippen LogP contribution in [0.3, 0.4) is 0 Å². The summed E-state index contributed by atoms with van der Waals surface area (Å²) in [6.07, 6.45) is 11.2. The van der Waals surface area contributed by atoms with E-state index in [4.69, 9.17) is 23.9 Å². The highest BCUT2D eigenvalue weighted by molar-refractivity contribution is 5.68. The normalized spacial score (nSPS) is 24.4. The van der Waals surface area contributed by atoms with Crippen LogP contribution in [-0.2, 0) is 9.59 Å². The smallest absolute Gasteiger partial charge is 0.304 e. The minimum atomic E-state index is -0.914. The lowest BCUT2D eigenvalue weighted by atomic mass is 9.79. The number of nitrogens with zero attached hydrogens (tertiary/aromatic N) is 2. The number of carbonyl (C=O) groups is 2. The molecule has 2 heterocycles. The van der Waals surface area contributed by atoms with E-state index < -0.39 is 11.9 Å². The highest BCUT2D eigenvalue weighted by Crippen LogP contribution is 2.56. The molecule has 4 aliphatic rings. The van der Waals surface area contributed by atoms with E-state index in [0.717, 1.165) is 82.0 Å². The first-order chi connectivity index (χ1) is 30.0. The van der Waals surface area contributed by atoms with Gasteiger partial charge in [-0.15, -0.1) is 0 Å². The first kappa shape index (κ1) is 43.4. The number of benzene rings is 2. The Hall–Kier alpha value is -5.26. The van der Waals surface area contributed by atoms with Gasteiger partial charge in [-0.3, -0.25) is 19.6 Å². The van der Waals surface area contributed by atoms with Crippen molar-refractivity contribution in [2.45, 2.75) is 113 Å². The second-order valence-corrected chi connectivity index (χ2v) is 18.2. The molecule has 0 saturated heterocycles. The van der Waals surface area contributed by atoms with E-state index in [1.807, 2.05) is 24.3 Å². The second kappa shape index (κ2) is 19.4. The number of hydrogen-bond donors (Lipinski definition) is 2. The molecular formula is C50H58F2N2O8. The fourth-order valence-electron chi connectivity index (χ4n) is 10.2. The molecule has 4 atom stereocenters. The number of aromatic nitrogens is 2. The molecule has 4 aromatic rings. The minimum absolute atomic E-state index is 0.0138. The Morgan fingerprint density at radius 2 is 1.18 bits per heavy atom. The maximum absolute atomic E-state index is 14.8. The van der Waals surface area contributed by atoms with Crippen LogP contribution in [0.25, 0.3) is 0 Å². The number of carboxylic acid groups (broad SMARTS) is 2. The Morgan fingerprint density at radius 1 is 0.645 bits per heavy atom. The molecule has 0 spiro atoms. The van der Waals surface area contributed by atoms with Crippen molar-refractivity contribution in [2.24, 2.45) is 23.7 Å². The van der Waals surface area contributed by atoms with Crippen molar-refractivity contribution in [3.05, 3.63) is 107 Å². The zero-order chi connectivity index (χ0) is 43.3. The van der Waals surface area contributed by atoms with Crippen molar-refractivity contribution in [1.82, 2.24) is 9.97 Å². The number of methoxy groups -OCH3 is 2. The van der Waals surface area contributed by atoms with Gasteiger partial charge in [0, 0.05) is 59.2 Å². The summed E-state index contributed by atoms with van der Waals surface area (Å²) in [5, 5.41) is 20.0. The number of hydrogen-bond acceptors (Lipinski definition) is 8. The summed E-state index contributed by atoms with van der Waals surface area (Å²) in [4.78, 5) is 34.1. The molecule has 4 saturated carbocycles. The van der Waals surface area contributed by atoms with Crippen LogP contribution in [-0.4, -0.2) is 59.6 Å². The lowest BCUT2D eigenvalue weighted by molar-refractivity contribution is -0.138. The van der Waals surface area contributed by atoms with Crippen molar-refractivity contribution < 1.29 is 47.5 Å². The van der Waals surface area contributed by atoms with Gasteiger partial charge < -0.3 is 29.2 Å². The van der Waals surface area contributed by atoms with Gasteiger partial charge in [-0.25, -0.2) is 8.78 Å². The third-order valence-corrected chi connectivity index (χ3v) is 14.0. The van der Waals surface area contributed by atoms with Gasteiger partial charge >= 0.3 is 11.9 Å². The average Bonchev–Trinajstić information content (AvgIpc) is 4.23. The van der Waals surface area contributed by atoms with E-state index in [0.29, 0.717) is 59.0 Å². The van der Waals surface area contributed by atoms with Gasteiger partial charge in [-0.2, -0.15) is 0 Å².